The second-order valence-electron chi connectivity index (χ2n) is 5.82. The van der Waals surface area contributed by atoms with Gasteiger partial charge in [-0.05, 0) is 18.4 Å². The van der Waals surface area contributed by atoms with Crippen molar-refractivity contribution in [3.63, 3.8) is 0 Å². The zero-order valence-corrected chi connectivity index (χ0v) is 14.2. The van der Waals surface area contributed by atoms with E-state index in [9.17, 15) is 24.6 Å². The molecule has 0 aromatic carbocycles. The molecule has 0 aromatic rings. The van der Waals surface area contributed by atoms with Gasteiger partial charge in [-0.1, -0.05) is 0 Å². The Labute approximate surface area is 147 Å². The van der Waals surface area contributed by atoms with Crippen LogP contribution in [0.5, 0.6) is 0 Å². The largest absolute Gasteiger partial charge is 0.477 e. The Morgan fingerprint density at radius 2 is 2.20 bits per heavy atom. The van der Waals surface area contributed by atoms with Crippen molar-refractivity contribution in [3.05, 3.63) is 11.3 Å². The van der Waals surface area contributed by atoms with Crippen LogP contribution in [0.3, 0.4) is 0 Å². The summed E-state index contributed by atoms with van der Waals surface area (Å²) in [5.41, 5.74) is 5.71. The molecule has 2 rings (SSSR count). The van der Waals surface area contributed by atoms with Gasteiger partial charge >= 0.3 is 5.97 Å². The molecule has 6 N–H and O–H groups in total. The molecule has 1 fully saturated rings. The van der Waals surface area contributed by atoms with E-state index in [1.165, 1.54) is 11.8 Å². The molecule has 11 heteroatoms. The number of nitrogens with one attached hydrogen (secondary N) is 1. The molecule has 0 saturated carbocycles. The maximum Gasteiger partial charge on any atom is 0.352 e. The number of hydrogen-bond acceptors (Lipinski definition) is 8. The van der Waals surface area contributed by atoms with E-state index in [2.05, 4.69) is 10.2 Å². The third kappa shape index (κ3) is 4.30. The van der Waals surface area contributed by atoms with E-state index in [0.717, 1.165) is 4.90 Å². The van der Waals surface area contributed by atoms with E-state index in [0.29, 0.717) is 12.8 Å². The second-order valence-corrected chi connectivity index (χ2v) is 6.92. The zero-order chi connectivity index (χ0) is 18.6. The quantitative estimate of drug-likeness (QED) is 0.187. The minimum atomic E-state index is -1.27. The van der Waals surface area contributed by atoms with Crippen molar-refractivity contribution in [1.82, 2.24) is 10.2 Å². The van der Waals surface area contributed by atoms with Crippen molar-refractivity contribution in [2.24, 2.45) is 5.73 Å². The summed E-state index contributed by atoms with van der Waals surface area (Å²) >= 11 is 1.30. The number of carboxylic acid groups (broad SMARTS) is 1. The van der Waals surface area contributed by atoms with Gasteiger partial charge in [0.15, 0.2) is 0 Å². The number of nitrogens with two attached hydrogens (primary N) is 1. The van der Waals surface area contributed by atoms with E-state index < -0.39 is 29.9 Å². The van der Waals surface area contributed by atoms with E-state index in [1.807, 2.05) is 0 Å². The molecule has 0 spiro atoms. The van der Waals surface area contributed by atoms with Gasteiger partial charge in [-0.2, -0.15) is 0 Å². The summed E-state index contributed by atoms with van der Waals surface area (Å²) in [4.78, 5) is 40.6. The van der Waals surface area contributed by atoms with Crippen LogP contribution in [0.25, 0.3) is 0 Å². The number of amides is 2. The average molecular weight is 375 g/mol. The number of aliphatic hydroxyl groups excluding tert-OH is 1. The maximum atomic E-state index is 12.2. The van der Waals surface area contributed by atoms with Crippen molar-refractivity contribution in [2.45, 2.75) is 36.7 Å². The Hall–Kier alpha value is -1.66. The number of β-lactam (4-membered cyclic amide) rings is 1. The molecule has 140 valence electrons. The number of carbonyl (C=O) groups is 3. The minimum Gasteiger partial charge on any atom is -0.477 e. The minimum absolute atomic E-state index is 0.0199. The molecule has 0 bridgehead atoms. The number of fused-ring (bicyclic) bond motifs is 1. The first kappa shape index (κ1) is 19.7. The lowest BCUT2D eigenvalue weighted by molar-refractivity contribution is -0.245. The van der Waals surface area contributed by atoms with Gasteiger partial charge in [0, 0.05) is 18.2 Å². The summed E-state index contributed by atoms with van der Waals surface area (Å²) in [6, 6.07) is -1.16. The molecular formula is C14H21N3O7S. The van der Waals surface area contributed by atoms with E-state index in [4.69, 9.17) is 11.0 Å². The Morgan fingerprint density at radius 3 is 2.80 bits per heavy atom. The predicted molar refractivity (Wildman–Crippen MR) is 87.2 cm³/mol. The smallest absolute Gasteiger partial charge is 0.352 e. The van der Waals surface area contributed by atoms with E-state index in [1.54, 1.807) is 0 Å². The van der Waals surface area contributed by atoms with Crippen LogP contribution in [0.15, 0.2) is 11.3 Å². The number of aliphatic hydroxyl groups is 1. The molecule has 1 saturated heterocycles. The number of carboxylic acids is 1. The monoisotopic (exact) mass is 375 g/mol. The number of thioether (sulfide) groups is 1. The lowest BCUT2D eigenvalue weighted by Gasteiger charge is -2.49. The van der Waals surface area contributed by atoms with Gasteiger partial charge in [0.25, 0.3) is 5.91 Å². The first-order valence-corrected chi connectivity index (χ1v) is 8.77. The molecular weight excluding hydrogens is 354 g/mol. The van der Waals surface area contributed by atoms with Gasteiger partial charge in [0.1, 0.15) is 17.1 Å². The fourth-order valence-corrected chi connectivity index (χ4v) is 4.09. The van der Waals surface area contributed by atoms with Gasteiger partial charge in [0.05, 0.1) is 13.2 Å². The van der Waals surface area contributed by atoms with Crippen LogP contribution in [0, 0.1) is 0 Å². The Kier molecular flexibility index (Phi) is 6.79. The van der Waals surface area contributed by atoms with Crippen molar-refractivity contribution < 1.29 is 34.7 Å². The predicted octanol–water partition coefficient (Wildman–Crippen LogP) is -1.30. The van der Waals surface area contributed by atoms with E-state index in [-0.39, 0.29) is 42.0 Å². The molecule has 10 nitrogen and oxygen atoms in total. The summed E-state index contributed by atoms with van der Waals surface area (Å²) in [6.45, 7) is -0.451. The molecule has 0 aromatic heterocycles. The standard InChI is InChI=1S/C14H21N3O7S/c15-8(5-24-23)2-1-3-9(19)16-10-12(20)17-11(14(21)22)7(4-18)6-25-13(10)17/h8,10,13,18,23H,1-6,15H2,(H,16,19)(H,21,22). The van der Waals surface area contributed by atoms with Crippen LogP contribution in [0.2, 0.25) is 0 Å². The van der Waals surface area contributed by atoms with Crippen molar-refractivity contribution in [1.29, 1.82) is 0 Å². The Bertz CT molecular complexity index is 583. The Balaban J connectivity index is 1.88. The third-order valence-corrected chi connectivity index (χ3v) is 5.36. The van der Waals surface area contributed by atoms with Crippen LogP contribution in [0.4, 0.5) is 0 Å². The van der Waals surface area contributed by atoms with Gasteiger partial charge in [0.2, 0.25) is 5.91 Å². The van der Waals surface area contributed by atoms with Crippen LogP contribution in [-0.4, -0.2) is 74.6 Å². The highest BCUT2D eigenvalue weighted by Crippen LogP contribution is 2.40. The van der Waals surface area contributed by atoms with E-state index >= 15 is 0 Å². The lowest BCUT2D eigenvalue weighted by Crippen LogP contribution is -2.70. The zero-order valence-electron chi connectivity index (χ0n) is 13.4. The highest BCUT2D eigenvalue weighted by atomic mass is 32.2. The SMILES string of the molecule is NC(CCCC(=O)NC1C(=O)N2C(C(=O)O)=C(CO)CSC12)COO. The number of aliphatic carboxylic acids is 1. The number of hydrogen-bond donors (Lipinski definition) is 5. The normalized spacial score (nSPS) is 23.8. The second kappa shape index (κ2) is 8.63. The van der Waals surface area contributed by atoms with Crippen molar-refractivity contribution in [2.75, 3.05) is 19.0 Å². The Morgan fingerprint density at radius 1 is 1.48 bits per heavy atom. The van der Waals surface area contributed by atoms with Gasteiger partial charge < -0.3 is 21.3 Å². The lowest BCUT2D eigenvalue weighted by atomic mass is 10.0. The van der Waals surface area contributed by atoms with Gasteiger partial charge in [-0.25, -0.2) is 9.68 Å². The van der Waals surface area contributed by atoms with Crippen molar-refractivity contribution >= 4 is 29.5 Å². The first-order chi connectivity index (χ1) is 11.9. The molecule has 2 heterocycles. The third-order valence-electron chi connectivity index (χ3n) is 4.02. The fraction of sp³-hybridized carbons (Fsp3) is 0.643. The maximum absolute atomic E-state index is 12.2. The fourth-order valence-electron chi connectivity index (χ4n) is 2.75. The number of rotatable bonds is 9. The highest BCUT2D eigenvalue weighted by molar-refractivity contribution is 8.00. The molecule has 3 unspecified atom stereocenters. The molecule has 2 amide bonds. The summed E-state index contributed by atoms with van der Waals surface area (Å²) in [5.74, 6) is -1.81. The molecule has 2 aliphatic rings. The summed E-state index contributed by atoms with van der Waals surface area (Å²) in [5, 5.41) is 28.9. The summed E-state index contributed by atoms with van der Waals surface area (Å²) in [6.07, 6.45) is 1.10. The van der Waals surface area contributed by atoms with Gasteiger partial charge in [-0.15, -0.1) is 11.8 Å². The van der Waals surface area contributed by atoms with Crippen LogP contribution in [0.1, 0.15) is 19.3 Å². The summed E-state index contributed by atoms with van der Waals surface area (Å²) < 4.78 is 0. The topological polar surface area (TPSA) is 162 Å². The summed E-state index contributed by atoms with van der Waals surface area (Å²) in [7, 11) is 0. The first-order valence-electron chi connectivity index (χ1n) is 7.72. The van der Waals surface area contributed by atoms with Crippen LogP contribution < -0.4 is 11.1 Å². The van der Waals surface area contributed by atoms with Gasteiger partial charge in [-0.3, -0.25) is 19.7 Å². The molecule has 25 heavy (non-hydrogen) atoms. The molecule has 0 aliphatic carbocycles. The highest BCUT2D eigenvalue weighted by Gasteiger charge is 2.53. The molecule has 3 atom stereocenters. The van der Waals surface area contributed by atoms with Crippen LogP contribution >= 0.6 is 11.8 Å². The van der Waals surface area contributed by atoms with Crippen molar-refractivity contribution in [3.8, 4) is 0 Å². The number of carbonyl (C=O) groups excluding carboxylic acids is 2. The number of nitrogens with zero attached hydrogens (tertiary/aromatic N) is 1. The molecule has 2 aliphatic heterocycles. The molecule has 0 radical (unpaired) electrons. The van der Waals surface area contributed by atoms with Crippen LogP contribution in [-0.2, 0) is 19.3 Å². The average Bonchev–Trinajstić information content (AvgIpc) is 2.58.